The molecule has 1 aromatic heterocycles. The van der Waals surface area contributed by atoms with Crippen molar-refractivity contribution in [1.82, 2.24) is 10.3 Å². The van der Waals surface area contributed by atoms with Gasteiger partial charge in [-0.05, 0) is 38.4 Å². The van der Waals surface area contributed by atoms with Gasteiger partial charge in [0.2, 0.25) is 0 Å². The van der Waals surface area contributed by atoms with E-state index < -0.39 is 9.84 Å². The van der Waals surface area contributed by atoms with Crippen molar-refractivity contribution in [3.63, 3.8) is 0 Å². The summed E-state index contributed by atoms with van der Waals surface area (Å²) in [5.74, 6) is 1.24. The van der Waals surface area contributed by atoms with Gasteiger partial charge in [-0.2, -0.15) is 0 Å². The number of rotatable bonds is 9. The summed E-state index contributed by atoms with van der Waals surface area (Å²) < 4.78 is 28.7. The van der Waals surface area contributed by atoms with E-state index in [1.54, 1.807) is 20.0 Å². The normalized spacial score (nSPS) is 12.1. The van der Waals surface area contributed by atoms with Crippen LogP contribution in [0.3, 0.4) is 0 Å². The molecular weight excluding hydrogens is 288 g/mol. The van der Waals surface area contributed by atoms with E-state index in [0.29, 0.717) is 11.7 Å². The van der Waals surface area contributed by atoms with E-state index in [0.717, 1.165) is 18.8 Å². The smallest absolute Gasteiger partial charge is 0.155 e. The van der Waals surface area contributed by atoms with Crippen molar-refractivity contribution < 1.29 is 13.2 Å². The zero-order chi connectivity index (χ0) is 15.9. The molecule has 5 nitrogen and oxygen atoms in total. The maximum absolute atomic E-state index is 11.6. The molecule has 1 aromatic rings. The van der Waals surface area contributed by atoms with E-state index in [9.17, 15) is 8.42 Å². The first-order chi connectivity index (χ1) is 9.81. The van der Waals surface area contributed by atoms with Gasteiger partial charge in [0.1, 0.15) is 12.4 Å². The maximum Gasteiger partial charge on any atom is 0.155 e. The summed E-state index contributed by atoms with van der Waals surface area (Å²) in [5, 5.41) is 2.95. The second kappa shape index (κ2) is 8.34. The van der Waals surface area contributed by atoms with Gasteiger partial charge in [0.05, 0.1) is 22.9 Å². The van der Waals surface area contributed by atoms with Crippen molar-refractivity contribution in [2.45, 2.75) is 39.5 Å². The third-order valence-electron chi connectivity index (χ3n) is 3.01. The summed E-state index contributed by atoms with van der Waals surface area (Å²) >= 11 is 0. The van der Waals surface area contributed by atoms with Crippen molar-refractivity contribution in [2.75, 3.05) is 18.9 Å². The molecule has 1 N–H and O–H groups in total. The lowest BCUT2D eigenvalue weighted by atomic mass is 10.2. The highest BCUT2D eigenvalue weighted by molar-refractivity contribution is 7.91. The molecule has 0 atom stereocenters. The lowest BCUT2D eigenvalue weighted by Gasteiger charge is -2.10. The lowest BCUT2D eigenvalue weighted by Crippen LogP contribution is -2.22. The molecule has 0 aromatic carbocycles. The first-order valence-corrected chi connectivity index (χ1v) is 9.03. The molecule has 120 valence electrons. The van der Waals surface area contributed by atoms with Crippen LogP contribution in [0.5, 0.6) is 5.75 Å². The van der Waals surface area contributed by atoms with Gasteiger partial charge in [0, 0.05) is 6.54 Å². The minimum absolute atomic E-state index is 0.0301. The number of ether oxygens (including phenoxy) is 1. The first-order valence-electron chi connectivity index (χ1n) is 7.31. The quantitative estimate of drug-likeness (QED) is 0.755. The van der Waals surface area contributed by atoms with Crippen LogP contribution in [0.2, 0.25) is 0 Å². The van der Waals surface area contributed by atoms with Crippen LogP contribution in [-0.2, 0) is 16.4 Å². The standard InChI is InChI=1S/C15H26N2O3S/c1-12(2)9-16-10-14-5-6-15(11-17-14)20-7-8-21(18,19)13(3)4/h5-6,11-13,16H,7-10H2,1-4H3. The van der Waals surface area contributed by atoms with Crippen LogP contribution >= 0.6 is 0 Å². The second-order valence-electron chi connectivity index (χ2n) is 5.77. The molecule has 0 saturated carbocycles. The third-order valence-corrected chi connectivity index (χ3v) is 5.18. The molecule has 0 spiro atoms. The Bertz CT molecular complexity index is 510. The van der Waals surface area contributed by atoms with Crippen molar-refractivity contribution in [3.8, 4) is 5.75 Å². The Hall–Kier alpha value is -1.14. The highest BCUT2D eigenvalue weighted by atomic mass is 32.2. The highest BCUT2D eigenvalue weighted by Gasteiger charge is 2.15. The minimum Gasteiger partial charge on any atom is -0.491 e. The predicted molar refractivity (Wildman–Crippen MR) is 85.2 cm³/mol. The maximum atomic E-state index is 11.6. The van der Waals surface area contributed by atoms with E-state index in [2.05, 4.69) is 24.1 Å². The van der Waals surface area contributed by atoms with Gasteiger partial charge < -0.3 is 10.1 Å². The van der Waals surface area contributed by atoms with E-state index in [1.165, 1.54) is 0 Å². The van der Waals surface area contributed by atoms with Gasteiger partial charge in [-0.3, -0.25) is 4.98 Å². The second-order valence-corrected chi connectivity index (χ2v) is 8.45. The summed E-state index contributed by atoms with van der Waals surface area (Å²) in [5.41, 5.74) is 0.942. The third kappa shape index (κ3) is 6.91. The van der Waals surface area contributed by atoms with Crippen LogP contribution in [0.25, 0.3) is 0 Å². The first kappa shape index (κ1) is 17.9. The monoisotopic (exact) mass is 314 g/mol. The van der Waals surface area contributed by atoms with E-state index in [1.807, 2.05) is 12.1 Å². The number of hydrogen-bond acceptors (Lipinski definition) is 5. The van der Waals surface area contributed by atoms with Crippen LogP contribution < -0.4 is 10.1 Å². The van der Waals surface area contributed by atoms with Crippen LogP contribution in [0.15, 0.2) is 18.3 Å². The van der Waals surface area contributed by atoms with Crippen molar-refractivity contribution >= 4 is 9.84 Å². The molecule has 0 saturated heterocycles. The van der Waals surface area contributed by atoms with Crippen molar-refractivity contribution in [3.05, 3.63) is 24.0 Å². The van der Waals surface area contributed by atoms with Gasteiger partial charge in [0.25, 0.3) is 0 Å². The Morgan fingerprint density at radius 3 is 2.48 bits per heavy atom. The fourth-order valence-corrected chi connectivity index (χ4v) is 2.39. The molecular formula is C15H26N2O3S. The number of aromatic nitrogens is 1. The molecule has 1 rings (SSSR count). The van der Waals surface area contributed by atoms with Crippen LogP contribution in [0.4, 0.5) is 0 Å². The average molecular weight is 314 g/mol. The molecule has 0 aliphatic carbocycles. The molecule has 0 aliphatic rings. The summed E-state index contributed by atoms with van der Waals surface area (Å²) in [4.78, 5) is 4.29. The van der Waals surface area contributed by atoms with Crippen molar-refractivity contribution in [2.24, 2.45) is 5.92 Å². The summed E-state index contributed by atoms with van der Waals surface area (Å²) in [6.07, 6.45) is 1.63. The topological polar surface area (TPSA) is 68.3 Å². The van der Waals surface area contributed by atoms with Crippen molar-refractivity contribution in [1.29, 1.82) is 0 Å². The zero-order valence-electron chi connectivity index (χ0n) is 13.3. The Kier molecular flexibility index (Phi) is 7.11. The Balaban J connectivity index is 2.38. The largest absolute Gasteiger partial charge is 0.491 e. The Morgan fingerprint density at radius 1 is 1.24 bits per heavy atom. The fraction of sp³-hybridized carbons (Fsp3) is 0.667. The number of nitrogens with zero attached hydrogens (tertiary/aromatic N) is 1. The molecule has 0 amide bonds. The average Bonchev–Trinajstić information content (AvgIpc) is 2.40. The van der Waals surface area contributed by atoms with Crippen LogP contribution in [0, 0.1) is 5.92 Å². The number of hydrogen-bond donors (Lipinski definition) is 1. The summed E-state index contributed by atoms with van der Waals surface area (Å²) in [7, 11) is -3.05. The molecule has 0 aliphatic heterocycles. The molecule has 21 heavy (non-hydrogen) atoms. The Labute approximate surface area is 128 Å². The SMILES string of the molecule is CC(C)CNCc1ccc(OCCS(=O)(=O)C(C)C)cn1. The molecule has 0 bridgehead atoms. The molecule has 1 heterocycles. The van der Waals surface area contributed by atoms with Gasteiger partial charge in [-0.1, -0.05) is 13.8 Å². The number of pyridine rings is 1. The Morgan fingerprint density at radius 2 is 1.95 bits per heavy atom. The summed E-state index contributed by atoms with van der Waals surface area (Å²) in [6.45, 7) is 9.50. The van der Waals surface area contributed by atoms with Crippen LogP contribution in [0.1, 0.15) is 33.4 Å². The molecule has 0 unspecified atom stereocenters. The summed E-state index contributed by atoms with van der Waals surface area (Å²) in [6, 6.07) is 3.71. The predicted octanol–water partition coefficient (Wildman–Crippen LogP) is 2.03. The molecule has 0 radical (unpaired) electrons. The van der Waals surface area contributed by atoms with Gasteiger partial charge in [-0.25, -0.2) is 8.42 Å². The molecule has 0 fully saturated rings. The van der Waals surface area contributed by atoms with Gasteiger partial charge in [-0.15, -0.1) is 0 Å². The van der Waals surface area contributed by atoms with E-state index >= 15 is 0 Å². The van der Waals surface area contributed by atoms with E-state index in [-0.39, 0.29) is 17.6 Å². The zero-order valence-corrected chi connectivity index (χ0v) is 14.1. The minimum atomic E-state index is -3.05. The highest BCUT2D eigenvalue weighted by Crippen LogP contribution is 2.10. The number of nitrogens with one attached hydrogen (secondary N) is 1. The lowest BCUT2D eigenvalue weighted by molar-refractivity contribution is 0.339. The number of sulfone groups is 1. The van der Waals surface area contributed by atoms with Crippen LogP contribution in [-0.4, -0.2) is 37.6 Å². The molecule has 6 heteroatoms. The van der Waals surface area contributed by atoms with Gasteiger partial charge >= 0.3 is 0 Å². The van der Waals surface area contributed by atoms with E-state index in [4.69, 9.17) is 4.74 Å². The van der Waals surface area contributed by atoms with Gasteiger partial charge in [0.15, 0.2) is 9.84 Å². The fourth-order valence-electron chi connectivity index (χ4n) is 1.60.